The Morgan fingerprint density at radius 3 is 2.58 bits per heavy atom. The van der Waals surface area contributed by atoms with E-state index in [4.69, 9.17) is 12.8 Å². The number of fused-ring (bicyclic) bond motifs is 1. The van der Waals surface area contributed by atoms with Gasteiger partial charge in [-0.25, -0.2) is 4.98 Å². The molecule has 0 aliphatic carbocycles. The maximum atomic E-state index is 13.3. The van der Waals surface area contributed by atoms with Gasteiger partial charge < -0.3 is 5.11 Å². The van der Waals surface area contributed by atoms with E-state index in [0.717, 1.165) is 54.0 Å². The Kier molecular flexibility index (Phi) is 6.06. The van der Waals surface area contributed by atoms with Gasteiger partial charge in [0, 0.05) is 22.5 Å². The Morgan fingerprint density at radius 1 is 1.27 bits per heavy atom. The van der Waals surface area contributed by atoms with Crippen molar-refractivity contribution in [2.24, 2.45) is 5.41 Å². The third-order valence-electron chi connectivity index (χ3n) is 6.62. The van der Waals surface area contributed by atoms with Crippen LogP contribution in [0.2, 0.25) is 0 Å². The standard InChI is InChI=1S/C23H25BBrF3N4O/c1-12-13(2)32(19-16(24)8-15(9-17(19)25)23(26,27)28)21-18(12)20(29-14(3)30-21)31-7-5-6-22(4,10-31)11-33/h8-9,33H,5-7,10-11H2,1-4H3/p+1. The molecule has 4 rings (SSSR count). The van der Waals surface area contributed by atoms with Gasteiger partial charge in [-0.2, -0.15) is 13.2 Å². The minimum absolute atomic E-state index is 0.0105. The van der Waals surface area contributed by atoms with Crippen molar-refractivity contribution >= 4 is 46.1 Å². The van der Waals surface area contributed by atoms with E-state index in [2.05, 4.69) is 32.7 Å². The Labute approximate surface area is 200 Å². The minimum Gasteiger partial charge on any atom is -0.396 e. The van der Waals surface area contributed by atoms with Gasteiger partial charge >= 0.3 is 6.18 Å². The molecule has 3 heterocycles. The van der Waals surface area contributed by atoms with E-state index < -0.39 is 11.7 Å². The minimum atomic E-state index is -4.50. The van der Waals surface area contributed by atoms with E-state index in [1.807, 2.05) is 25.3 Å². The SMILES string of the molecule is [B]c1cc(C(F)(F)F)cc(Br)c1-n1c(C)c(C)c2c(N3CCCC(C)(CO)C3)[nH+]c(C)nc21. The molecule has 174 valence electrons. The molecule has 0 bridgehead atoms. The molecule has 1 atom stereocenters. The lowest BCUT2D eigenvalue weighted by atomic mass is 9.83. The second-order valence-corrected chi connectivity index (χ2v) is 10.2. The highest BCUT2D eigenvalue weighted by Crippen LogP contribution is 2.38. The number of aryl methyl sites for hydroxylation is 2. The maximum absolute atomic E-state index is 13.3. The fourth-order valence-corrected chi connectivity index (χ4v) is 5.42. The number of piperidine rings is 1. The summed E-state index contributed by atoms with van der Waals surface area (Å²) in [6.45, 7) is 9.44. The van der Waals surface area contributed by atoms with E-state index >= 15 is 0 Å². The van der Waals surface area contributed by atoms with Crippen LogP contribution in [-0.2, 0) is 6.18 Å². The molecule has 2 radical (unpaired) electrons. The van der Waals surface area contributed by atoms with Gasteiger partial charge in [-0.15, -0.1) is 0 Å². The molecule has 0 amide bonds. The number of nitrogens with one attached hydrogen (secondary N) is 1. The average molecular weight is 522 g/mol. The van der Waals surface area contributed by atoms with Gasteiger partial charge in [0.15, 0.2) is 0 Å². The van der Waals surface area contributed by atoms with Crippen molar-refractivity contribution in [3.05, 3.63) is 39.3 Å². The first-order valence-electron chi connectivity index (χ1n) is 10.8. The van der Waals surface area contributed by atoms with Crippen LogP contribution in [0.15, 0.2) is 16.6 Å². The van der Waals surface area contributed by atoms with Gasteiger partial charge in [-0.3, -0.25) is 9.47 Å². The molecule has 1 unspecified atom stereocenters. The molecule has 10 heteroatoms. The zero-order valence-corrected chi connectivity index (χ0v) is 20.7. The fraction of sp³-hybridized carbons (Fsp3) is 0.478. The monoisotopic (exact) mass is 521 g/mol. The third kappa shape index (κ3) is 4.16. The summed E-state index contributed by atoms with van der Waals surface area (Å²) in [4.78, 5) is 10.4. The molecule has 0 spiro atoms. The summed E-state index contributed by atoms with van der Waals surface area (Å²) in [7, 11) is 6.17. The van der Waals surface area contributed by atoms with E-state index in [-0.39, 0.29) is 22.0 Å². The van der Waals surface area contributed by atoms with Crippen molar-refractivity contribution < 1.29 is 23.3 Å². The van der Waals surface area contributed by atoms with Crippen LogP contribution in [-0.4, -0.2) is 42.2 Å². The van der Waals surface area contributed by atoms with E-state index in [0.29, 0.717) is 23.7 Å². The molecule has 33 heavy (non-hydrogen) atoms. The molecular weight excluding hydrogens is 496 g/mol. The summed E-state index contributed by atoms with van der Waals surface area (Å²) in [5.41, 5.74) is 1.86. The van der Waals surface area contributed by atoms with Crippen molar-refractivity contribution in [2.45, 2.75) is 46.7 Å². The van der Waals surface area contributed by atoms with Gasteiger partial charge in [-0.05, 0) is 54.2 Å². The van der Waals surface area contributed by atoms with Crippen molar-refractivity contribution in [3.63, 3.8) is 0 Å². The number of aromatic amines is 1. The predicted molar refractivity (Wildman–Crippen MR) is 127 cm³/mol. The number of nitrogens with zero attached hydrogens (tertiary/aromatic N) is 3. The van der Waals surface area contributed by atoms with Crippen molar-refractivity contribution in [1.29, 1.82) is 0 Å². The lowest BCUT2D eigenvalue weighted by Gasteiger charge is -2.37. The van der Waals surface area contributed by atoms with Gasteiger partial charge in [0.1, 0.15) is 13.2 Å². The number of hydrogen-bond donors (Lipinski definition) is 1. The number of anilines is 1. The normalized spacial score (nSPS) is 19.5. The quantitative estimate of drug-likeness (QED) is 0.531. The molecule has 5 nitrogen and oxygen atoms in total. The van der Waals surface area contributed by atoms with E-state index in [9.17, 15) is 18.3 Å². The van der Waals surface area contributed by atoms with Gasteiger partial charge in [-0.1, -0.05) is 23.4 Å². The summed E-state index contributed by atoms with van der Waals surface area (Å²) >= 11 is 3.32. The zero-order valence-electron chi connectivity index (χ0n) is 19.1. The number of rotatable bonds is 3. The van der Waals surface area contributed by atoms with Gasteiger partial charge in [0.05, 0.1) is 30.9 Å². The predicted octanol–water partition coefficient (Wildman–Crippen LogP) is 3.94. The maximum Gasteiger partial charge on any atom is 0.416 e. The number of H-pyrrole nitrogens is 1. The number of aliphatic hydroxyl groups is 1. The topological polar surface area (TPSA) is 55.4 Å². The highest BCUT2D eigenvalue weighted by atomic mass is 79.9. The first kappa shape index (κ1) is 24.1. The number of halogens is 4. The number of aromatic nitrogens is 3. The highest BCUT2D eigenvalue weighted by molar-refractivity contribution is 9.10. The third-order valence-corrected chi connectivity index (χ3v) is 7.23. The summed E-state index contributed by atoms with van der Waals surface area (Å²) in [6, 6.07) is 2.01. The summed E-state index contributed by atoms with van der Waals surface area (Å²) < 4.78 is 42.0. The second-order valence-electron chi connectivity index (χ2n) is 9.30. The Bertz CT molecular complexity index is 1220. The van der Waals surface area contributed by atoms with Crippen LogP contribution in [0.25, 0.3) is 16.7 Å². The fourth-order valence-electron chi connectivity index (χ4n) is 4.76. The first-order chi connectivity index (χ1) is 15.4. The van der Waals surface area contributed by atoms with Crippen LogP contribution in [0.5, 0.6) is 0 Å². The number of benzene rings is 1. The van der Waals surface area contributed by atoms with Gasteiger partial charge in [0.25, 0.3) is 0 Å². The second kappa shape index (κ2) is 8.30. The molecule has 0 saturated carbocycles. The Balaban J connectivity index is 1.96. The summed E-state index contributed by atoms with van der Waals surface area (Å²) in [5.74, 6) is 1.58. The van der Waals surface area contributed by atoms with Crippen LogP contribution in [0, 0.1) is 26.2 Å². The average Bonchev–Trinajstić information content (AvgIpc) is 2.97. The van der Waals surface area contributed by atoms with Crippen LogP contribution >= 0.6 is 15.9 Å². The lowest BCUT2D eigenvalue weighted by Crippen LogP contribution is -2.46. The van der Waals surface area contributed by atoms with Crippen LogP contribution < -0.4 is 15.3 Å². The van der Waals surface area contributed by atoms with E-state index in [1.54, 1.807) is 0 Å². The molecule has 2 N–H and O–H groups in total. The highest BCUT2D eigenvalue weighted by Gasteiger charge is 2.37. The van der Waals surface area contributed by atoms with Crippen molar-refractivity contribution in [3.8, 4) is 5.69 Å². The van der Waals surface area contributed by atoms with Crippen LogP contribution in [0.4, 0.5) is 19.0 Å². The van der Waals surface area contributed by atoms with Crippen LogP contribution in [0.3, 0.4) is 0 Å². The number of alkyl halides is 3. The Hall–Kier alpha value is -2.07. The smallest absolute Gasteiger partial charge is 0.396 e. The lowest BCUT2D eigenvalue weighted by molar-refractivity contribution is -0.377. The molecule has 1 saturated heterocycles. The van der Waals surface area contributed by atoms with Crippen molar-refractivity contribution in [2.75, 3.05) is 24.6 Å². The largest absolute Gasteiger partial charge is 0.416 e. The molecule has 1 aliphatic rings. The zero-order chi connectivity index (χ0) is 24.3. The van der Waals surface area contributed by atoms with Gasteiger partial charge in [0.2, 0.25) is 17.3 Å². The van der Waals surface area contributed by atoms with E-state index in [1.165, 1.54) is 0 Å². The van der Waals surface area contributed by atoms with Crippen molar-refractivity contribution in [1.82, 2.24) is 9.55 Å². The summed E-state index contributed by atoms with van der Waals surface area (Å²) in [5, 5.41) is 10.8. The number of hydrogen-bond acceptors (Lipinski definition) is 3. The molecular formula is C23H26BBrF3N4O+. The number of aliphatic hydroxyl groups excluding tert-OH is 1. The molecule has 2 aromatic heterocycles. The molecule has 3 aromatic rings. The molecule has 1 fully saturated rings. The molecule has 1 aliphatic heterocycles. The Morgan fingerprint density at radius 2 is 1.97 bits per heavy atom. The first-order valence-corrected chi connectivity index (χ1v) is 11.6. The van der Waals surface area contributed by atoms with Crippen LogP contribution in [0.1, 0.15) is 42.4 Å². The summed E-state index contributed by atoms with van der Waals surface area (Å²) in [6.07, 6.45) is -2.60. The molecule has 1 aromatic carbocycles.